The number of aromatic hydroxyl groups is 1. The Bertz CT molecular complexity index is 1130. The summed E-state index contributed by atoms with van der Waals surface area (Å²) >= 11 is 0. The number of rotatable bonds is 4. The van der Waals surface area contributed by atoms with Gasteiger partial charge in [-0.15, -0.1) is 0 Å². The molecule has 0 bridgehead atoms. The van der Waals surface area contributed by atoms with Gasteiger partial charge < -0.3 is 14.8 Å². The summed E-state index contributed by atoms with van der Waals surface area (Å²) in [6.07, 6.45) is 4.16. The lowest BCUT2D eigenvalue weighted by Gasteiger charge is -2.38. The van der Waals surface area contributed by atoms with E-state index in [9.17, 15) is 9.90 Å². The van der Waals surface area contributed by atoms with Crippen LogP contribution < -0.4 is 4.90 Å². The zero-order valence-electron chi connectivity index (χ0n) is 18.2. The molecule has 0 saturated carbocycles. The van der Waals surface area contributed by atoms with Crippen LogP contribution in [0.2, 0.25) is 0 Å². The predicted molar refractivity (Wildman–Crippen MR) is 123 cm³/mol. The molecule has 2 aliphatic rings. The molecule has 2 heterocycles. The number of phenolic OH excluding ortho intramolecular Hbond substituents is 1. The third kappa shape index (κ3) is 4.10. The first kappa shape index (κ1) is 21.6. The number of carbonyl (C=O) groups excluding carboxylic acids is 1. The van der Waals surface area contributed by atoms with Crippen molar-refractivity contribution in [3.63, 3.8) is 0 Å². The molecule has 1 fully saturated rings. The van der Waals surface area contributed by atoms with Crippen LogP contribution in [0.1, 0.15) is 53.5 Å². The predicted octanol–water partition coefficient (Wildman–Crippen LogP) is 5.61. The van der Waals surface area contributed by atoms with Crippen molar-refractivity contribution in [3.05, 3.63) is 89.2 Å². The molecule has 1 aromatic heterocycles. The summed E-state index contributed by atoms with van der Waals surface area (Å²) in [5.74, 6) is -3.88. The number of anilines is 1. The Hall–Kier alpha value is -3.28. The number of hydrogen-bond acceptors (Lipinski definition) is 4. The van der Waals surface area contributed by atoms with Crippen LogP contribution in [0.25, 0.3) is 0 Å². The van der Waals surface area contributed by atoms with E-state index in [-0.39, 0.29) is 29.6 Å². The molecule has 0 unspecified atom stereocenters. The van der Waals surface area contributed by atoms with E-state index < -0.39 is 11.8 Å². The van der Waals surface area contributed by atoms with Crippen molar-refractivity contribution >= 4 is 12.0 Å². The van der Waals surface area contributed by atoms with E-state index in [0.29, 0.717) is 5.56 Å². The van der Waals surface area contributed by atoms with Crippen LogP contribution in [0.15, 0.2) is 66.9 Å². The number of hydrogen-bond donors (Lipinski definition) is 1. The Labute approximate surface area is 191 Å². The summed E-state index contributed by atoms with van der Waals surface area (Å²) in [6.45, 7) is 1.60. The van der Waals surface area contributed by atoms with Gasteiger partial charge in [0.05, 0.1) is 11.9 Å². The average Bonchev–Trinajstić information content (AvgIpc) is 2.85. The third-order valence-electron chi connectivity index (χ3n) is 7.06. The highest BCUT2D eigenvalue weighted by Crippen LogP contribution is 2.54. The second kappa shape index (κ2) is 8.58. The molecule has 3 aromatic rings. The number of aldehydes is 1. The maximum absolute atomic E-state index is 15.2. The Morgan fingerprint density at radius 1 is 1.03 bits per heavy atom. The van der Waals surface area contributed by atoms with Gasteiger partial charge in [0, 0.05) is 48.5 Å². The van der Waals surface area contributed by atoms with Crippen LogP contribution in [-0.2, 0) is 10.7 Å². The number of halogens is 2. The second-order valence-corrected chi connectivity index (χ2v) is 9.08. The van der Waals surface area contributed by atoms with E-state index in [4.69, 9.17) is 4.98 Å². The lowest BCUT2D eigenvalue weighted by Crippen LogP contribution is -2.34. The molecule has 1 aliphatic carbocycles. The van der Waals surface area contributed by atoms with Crippen molar-refractivity contribution < 1.29 is 18.7 Å². The maximum Gasteiger partial charge on any atom is 0.274 e. The van der Waals surface area contributed by atoms with Crippen molar-refractivity contribution in [2.75, 3.05) is 18.0 Å². The molecule has 0 spiro atoms. The molecule has 5 rings (SSSR count). The fourth-order valence-electron chi connectivity index (χ4n) is 5.29. The van der Waals surface area contributed by atoms with Crippen LogP contribution in [-0.4, -0.2) is 29.5 Å². The van der Waals surface area contributed by atoms with Crippen LogP contribution >= 0.6 is 0 Å². The molecule has 33 heavy (non-hydrogen) atoms. The molecule has 1 aliphatic heterocycles. The number of benzene rings is 2. The SMILES string of the molecule is O=CC1CCN(c2ccc([C@H]3c4ccc(O)cc4C(F)(F)C[C@H]3c3ccccc3)nc2)CC1. The zero-order valence-corrected chi connectivity index (χ0v) is 18.2. The number of nitrogens with zero attached hydrogens (tertiary/aromatic N) is 2. The summed E-state index contributed by atoms with van der Waals surface area (Å²) in [5.41, 5.74) is 2.94. The molecule has 2 aromatic carbocycles. The number of alkyl halides is 2. The van der Waals surface area contributed by atoms with E-state index in [1.54, 1.807) is 6.07 Å². The van der Waals surface area contributed by atoms with E-state index >= 15 is 8.78 Å². The third-order valence-corrected chi connectivity index (χ3v) is 7.06. The van der Waals surface area contributed by atoms with Crippen molar-refractivity contribution in [2.45, 2.75) is 37.0 Å². The van der Waals surface area contributed by atoms with E-state index in [0.717, 1.165) is 49.2 Å². The lowest BCUT2D eigenvalue weighted by atomic mass is 9.69. The monoisotopic (exact) mass is 448 g/mol. The van der Waals surface area contributed by atoms with Gasteiger partial charge in [-0.1, -0.05) is 36.4 Å². The van der Waals surface area contributed by atoms with Gasteiger partial charge in [-0.05, 0) is 48.2 Å². The highest BCUT2D eigenvalue weighted by Gasteiger charge is 2.47. The summed E-state index contributed by atoms with van der Waals surface area (Å²) in [5, 5.41) is 9.90. The molecular formula is C27H26F2N2O2. The van der Waals surface area contributed by atoms with Gasteiger partial charge in [0.15, 0.2) is 0 Å². The Balaban J connectivity index is 1.53. The van der Waals surface area contributed by atoms with Crippen LogP contribution in [0.4, 0.5) is 14.5 Å². The molecule has 0 radical (unpaired) electrons. The molecular weight excluding hydrogens is 422 g/mol. The largest absolute Gasteiger partial charge is 0.508 e. The minimum absolute atomic E-state index is 0.122. The average molecular weight is 449 g/mol. The fraction of sp³-hybridized carbons (Fsp3) is 0.333. The first-order valence-corrected chi connectivity index (χ1v) is 11.4. The Kier molecular flexibility index (Phi) is 5.60. The smallest absolute Gasteiger partial charge is 0.274 e. The van der Waals surface area contributed by atoms with Gasteiger partial charge in [0.2, 0.25) is 0 Å². The topological polar surface area (TPSA) is 53.4 Å². The maximum atomic E-state index is 15.2. The molecule has 1 saturated heterocycles. The number of fused-ring (bicyclic) bond motifs is 1. The highest BCUT2D eigenvalue weighted by molar-refractivity contribution is 5.55. The van der Waals surface area contributed by atoms with Gasteiger partial charge in [-0.25, -0.2) is 8.78 Å². The standard InChI is InChI=1S/C27H26F2N2O2/c28-27(29)15-23(19-4-2-1-3-5-19)26(22-8-7-21(33)14-24(22)27)25-9-6-20(16-30-25)31-12-10-18(17-32)11-13-31/h1-9,14,16-18,23,26,33H,10-13,15H2/t23-,26-/m0/s1. The van der Waals surface area contributed by atoms with Gasteiger partial charge in [0.1, 0.15) is 12.0 Å². The zero-order chi connectivity index (χ0) is 23.0. The first-order chi connectivity index (χ1) is 16.0. The van der Waals surface area contributed by atoms with Crippen LogP contribution in [0.5, 0.6) is 5.75 Å². The Morgan fingerprint density at radius 3 is 2.45 bits per heavy atom. The molecule has 0 amide bonds. The van der Waals surface area contributed by atoms with Crippen LogP contribution in [0.3, 0.4) is 0 Å². The number of phenols is 1. The molecule has 6 heteroatoms. The van der Waals surface area contributed by atoms with Gasteiger partial charge in [-0.2, -0.15) is 0 Å². The summed E-state index contributed by atoms with van der Waals surface area (Å²) < 4.78 is 30.4. The van der Waals surface area contributed by atoms with Crippen molar-refractivity contribution in [3.8, 4) is 5.75 Å². The highest BCUT2D eigenvalue weighted by atomic mass is 19.3. The lowest BCUT2D eigenvalue weighted by molar-refractivity contribution is -0.111. The Morgan fingerprint density at radius 2 is 1.79 bits per heavy atom. The number of piperidine rings is 1. The molecule has 170 valence electrons. The molecule has 1 N–H and O–H groups in total. The number of pyridine rings is 1. The van der Waals surface area contributed by atoms with Gasteiger partial charge in [-0.3, -0.25) is 4.98 Å². The van der Waals surface area contributed by atoms with E-state index in [2.05, 4.69) is 4.90 Å². The normalized spacial score (nSPS) is 22.5. The van der Waals surface area contributed by atoms with E-state index in [1.165, 1.54) is 12.1 Å². The number of carbonyl (C=O) groups is 1. The van der Waals surface area contributed by atoms with Gasteiger partial charge in [0.25, 0.3) is 5.92 Å². The summed E-state index contributed by atoms with van der Waals surface area (Å²) in [4.78, 5) is 18.0. The fourth-order valence-corrected chi connectivity index (χ4v) is 5.29. The van der Waals surface area contributed by atoms with Crippen LogP contribution in [0, 0.1) is 5.92 Å². The minimum atomic E-state index is -3.05. The summed E-state index contributed by atoms with van der Waals surface area (Å²) in [6, 6.07) is 17.6. The minimum Gasteiger partial charge on any atom is -0.508 e. The van der Waals surface area contributed by atoms with Crippen molar-refractivity contribution in [1.82, 2.24) is 4.98 Å². The van der Waals surface area contributed by atoms with Crippen molar-refractivity contribution in [2.24, 2.45) is 5.92 Å². The first-order valence-electron chi connectivity index (χ1n) is 11.4. The van der Waals surface area contributed by atoms with E-state index in [1.807, 2.05) is 48.7 Å². The number of aromatic nitrogens is 1. The van der Waals surface area contributed by atoms with Gasteiger partial charge >= 0.3 is 0 Å². The summed E-state index contributed by atoms with van der Waals surface area (Å²) in [7, 11) is 0. The quantitative estimate of drug-likeness (QED) is 0.527. The van der Waals surface area contributed by atoms with Crippen molar-refractivity contribution in [1.29, 1.82) is 0 Å². The molecule has 2 atom stereocenters. The molecule has 4 nitrogen and oxygen atoms in total. The second-order valence-electron chi connectivity index (χ2n) is 9.08.